The first kappa shape index (κ1) is 15.1. The molecule has 1 N–H and O–H groups in total. The van der Waals surface area contributed by atoms with Crippen molar-refractivity contribution >= 4 is 33.2 Å². The first-order chi connectivity index (χ1) is 9.86. The van der Waals surface area contributed by atoms with E-state index in [1.54, 1.807) is 13.0 Å². The van der Waals surface area contributed by atoms with Crippen LogP contribution in [-0.2, 0) is 0 Å². The molecule has 0 unspecified atom stereocenters. The highest BCUT2D eigenvalue weighted by molar-refractivity contribution is 9.10. The molecular formula is C14H10BrFN2O3. The van der Waals surface area contributed by atoms with E-state index in [4.69, 9.17) is 0 Å². The van der Waals surface area contributed by atoms with Crippen LogP contribution in [0.1, 0.15) is 15.9 Å². The number of carbonyl (C=O) groups is 1. The maximum absolute atomic E-state index is 13.0. The standard InChI is InChI=1S/C14H10BrFN2O3/c1-8-4-9(6-11(5-8)18(20)21)14(19)17-13-3-2-10(16)7-12(13)15/h2-7H,1H3,(H,17,19). The van der Waals surface area contributed by atoms with E-state index in [9.17, 15) is 19.3 Å². The SMILES string of the molecule is Cc1cc(C(=O)Nc2ccc(F)cc2Br)cc([N+](=O)[O-])c1. The van der Waals surface area contributed by atoms with E-state index in [0.717, 1.165) is 0 Å². The molecule has 2 aromatic rings. The number of amides is 1. The number of nitro groups is 1. The maximum atomic E-state index is 13.0. The number of rotatable bonds is 3. The molecule has 21 heavy (non-hydrogen) atoms. The second-order valence-corrected chi connectivity index (χ2v) is 5.25. The van der Waals surface area contributed by atoms with Crippen LogP contribution in [0.25, 0.3) is 0 Å². The summed E-state index contributed by atoms with van der Waals surface area (Å²) in [5.41, 5.74) is 0.995. The first-order valence-electron chi connectivity index (χ1n) is 5.89. The highest BCUT2D eigenvalue weighted by Gasteiger charge is 2.14. The lowest BCUT2D eigenvalue weighted by atomic mass is 10.1. The maximum Gasteiger partial charge on any atom is 0.270 e. The molecule has 0 aliphatic carbocycles. The second kappa shape index (κ2) is 6.01. The topological polar surface area (TPSA) is 72.2 Å². The molecule has 2 rings (SSSR count). The first-order valence-corrected chi connectivity index (χ1v) is 6.68. The fraction of sp³-hybridized carbons (Fsp3) is 0.0714. The van der Waals surface area contributed by atoms with Crippen molar-refractivity contribution in [1.82, 2.24) is 0 Å². The lowest BCUT2D eigenvalue weighted by molar-refractivity contribution is -0.384. The average molecular weight is 353 g/mol. The number of non-ortho nitro benzene ring substituents is 1. The molecule has 0 saturated heterocycles. The number of aryl methyl sites for hydroxylation is 1. The van der Waals surface area contributed by atoms with Crippen molar-refractivity contribution < 1.29 is 14.1 Å². The molecular weight excluding hydrogens is 343 g/mol. The molecule has 0 atom stereocenters. The van der Waals surface area contributed by atoms with Gasteiger partial charge in [-0.1, -0.05) is 0 Å². The van der Waals surface area contributed by atoms with E-state index in [1.807, 2.05) is 0 Å². The minimum Gasteiger partial charge on any atom is -0.321 e. The van der Waals surface area contributed by atoms with Crippen molar-refractivity contribution in [2.75, 3.05) is 5.32 Å². The smallest absolute Gasteiger partial charge is 0.270 e. The Morgan fingerprint density at radius 1 is 1.29 bits per heavy atom. The molecule has 2 aromatic carbocycles. The summed E-state index contributed by atoms with van der Waals surface area (Å²) in [7, 11) is 0. The van der Waals surface area contributed by atoms with Crippen molar-refractivity contribution in [3.8, 4) is 0 Å². The van der Waals surface area contributed by atoms with Gasteiger partial charge >= 0.3 is 0 Å². The Labute approximate surface area is 128 Å². The van der Waals surface area contributed by atoms with Gasteiger partial charge in [0.2, 0.25) is 0 Å². The van der Waals surface area contributed by atoms with Crippen LogP contribution in [0.2, 0.25) is 0 Å². The van der Waals surface area contributed by atoms with Gasteiger partial charge in [-0.3, -0.25) is 14.9 Å². The van der Waals surface area contributed by atoms with Crippen LogP contribution in [-0.4, -0.2) is 10.8 Å². The van der Waals surface area contributed by atoms with E-state index < -0.39 is 16.6 Å². The number of benzene rings is 2. The summed E-state index contributed by atoms with van der Waals surface area (Å²) in [4.78, 5) is 22.4. The summed E-state index contributed by atoms with van der Waals surface area (Å²) in [5, 5.41) is 13.4. The van der Waals surface area contributed by atoms with Gasteiger partial charge in [-0.25, -0.2) is 4.39 Å². The normalized spacial score (nSPS) is 10.2. The quantitative estimate of drug-likeness (QED) is 0.668. The summed E-state index contributed by atoms with van der Waals surface area (Å²) in [6.07, 6.45) is 0. The van der Waals surface area contributed by atoms with Gasteiger partial charge in [0.05, 0.1) is 10.6 Å². The Bertz CT molecular complexity index is 734. The number of nitro benzene ring substituents is 1. The van der Waals surface area contributed by atoms with Crippen LogP contribution in [0.4, 0.5) is 15.8 Å². The minimum absolute atomic E-state index is 0.154. The van der Waals surface area contributed by atoms with Crippen molar-refractivity contribution in [1.29, 1.82) is 0 Å². The van der Waals surface area contributed by atoms with Crippen molar-refractivity contribution in [3.05, 3.63) is 67.9 Å². The van der Waals surface area contributed by atoms with E-state index in [1.165, 1.54) is 30.3 Å². The second-order valence-electron chi connectivity index (χ2n) is 4.39. The minimum atomic E-state index is -0.558. The molecule has 0 radical (unpaired) electrons. The van der Waals surface area contributed by atoms with Gasteiger partial charge in [-0.15, -0.1) is 0 Å². The van der Waals surface area contributed by atoms with Crippen LogP contribution < -0.4 is 5.32 Å². The van der Waals surface area contributed by atoms with Gasteiger partial charge < -0.3 is 5.32 Å². The highest BCUT2D eigenvalue weighted by Crippen LogP contribution is 2.24. The fourth-order valence-electron chi connectivity index (χ4n) is 1.78. The third-order valence-corrected chi connectivity index (χ3v) is 3.37. The molecule has 0 fully saturated rings. The lowest BCUT2D eigenvalue weighted by Crippen LogP contribution is -2.13. The van der Waals surface area contributed by atoms with Crippen molar-refractivity contribution in [2.24, 2.45) is 0 Å². The predicted octanol–water partition coefficient (Wildman–Crippen LogP) is 4.06. The monoisotopic (exact) mass is 352 g/mol. The van der Waals surface area contributed by atoms with Gasteiger partial charge in [0, 0.05) is 22.2 Å². The van der Waals surface area contributed by atoms with E-state index in [0.29, 0.717) is 15.7 Å². The molecule has 1 amide bonds. The molecule has 7 heteroatoms. The Balaban J connectivity index is 2.30. The third-order valence-electron chi connectivity index (χ3n) is 2.71. The van der Waals surface area contributed by atoms with Crippen LogP contribution >= 0.6 is 15.9 Å². The van der Waals surface area contributed by atoms with E-state index in [-0.39, 0.29) is 11.3 Å². The average Bonchev–Trinajstić information content (AvgIpc) is 2.41. The Hall–Kier alpha value is -2.28. The van der Waals surface area contributed by atoms with Crippen LogP contribution in [0.15, 0.2) is 40.9 Å². The molecule has 0 heterocycles. The summed E-state index contributed by atoms with van der Waals surface area (Å²) in [6.45, 7) is 1.66. The number of halogens is 2. The summed E-state index contributed by atoms with van der Waals surface area (Å²) in [6, 6.07) is 7.94. The zero-order valence-electron chi connectivity index (χ0n) is 10.9. The zero-order valence-corrected chi connectivity index (χ0v) is 12.5. The van der Waals surface area contributed by atoms with E-state index in [2.05, 4.69) is 21.2 Å². The number of carbonyl (C=O) groups excluding carboxylic acids is 1. The molecule has 0 bridgehead atoms. The zero-order chi connectivity index (χ0) is 15.6. The van der Waals surface area contributed by atoms with Gasteiger partial charge in [0.15, 0.2) is 0 Å². The Morgan fingerprint density at radius 2 is 2.00 bits per heavy atom. The van der Waals surface area contributed by atoms with Crippen LogP contribution in [0.3, 0.4) is 0 Å². The van der Waals surface area contributed by atoms with E-state index >= 15 is 0 Å². The van der Waals surface area contributed by atoms with Gasteiger partial charge in [-0.05, 0) is 52.7 Å². The Kier molecular flexibility index (Phi) is 4.32. The molecule has 0 spiro atoms. The van der Waals surface area contributed by atoms with Crippen molar-refractivity contribution in [3.63, 3.8) is 0 Å². The number of hydrogen-bond donors (Lipinski definition) is 1. The summed E-state index contributed by atoms with van der Waals surface area (Å²) < 4.78 is 13.4. The summed E-state index contributed by atoms with van der Waals surface area (Å²) in [5.74, 6) is -0.944. The van der Waals surface area contributed by atoms with Gasteiger partial charge in [0.1, 0.15) is 5.82 Å². The molecule has 0 aliphatic heterocycles. The molecule has 5 nitrogen and oxygen atoms in total. The van der Waals surface area contributed by atoms with Gasteiger partial charge in [0.25, 0.3) is 11.6 Å². The third kappa shape index (κ3) is 3.63. The van der Waals surface area contributed by atoms with Crippen LogP contribution in [0.5, 0.6) is 0 Å². The lowest BCUT2D eigenvalue weighted by Gasteiger charge is -2.08. The predicted molar refractivity (Wildman–Crippen MR) is 79.9 cm³/mol. The molecule has 0 aliphatic rings. The highest BCUT2D eigenvalue weighted by atomic mass is 79.9. The molecule has 0 saturated carbocycles. The molecule has 108 valence electrons. The largest absolute Gasteiger partial charge is 0.321 e. The summed E-state index contributed by atoms with van der Waals surface area (Å²) >= 11 is 3.14. The fourth-order valence-corrected chi connectivity index (χ4v) is 2.23. The van der Waals surface area contributed by atoms with Crippen LogP contribution in [0, 0.1) is 22.9 Å². The molecule has 0 aromatic heterocycles. The number of hydrogen-bond acceptors (Lipinski definition) is 3. The van der Waals surface area contributed by atoms with Gasteiger partial charge in [-0.2, -0.15) is 0 Å². The number of anilines is 1. The van der Waals surface area contributed by atoms with Crippen molar-refractivity contribution in [2.45, 2.75) is 6.92 Å². The number of nitrogens with zero attached hydrogens (tertiary/aromatic N) is 1. The number of nitrogens with one attached hydrogen (secondary N) is 1. The Morgan fingerprint density at radius 3 is 2.62 bits per heavy atom.